The van der Waals surface area contributed by atoms with Crippen LogP contribution in [0.15, 0.2) is 24.3 Å². The monoisotopic (exact) mass is 248 g/mol. The highest BCUT2D eigenvalue weighted by atomic mass is 16.4. The summed E-state index contributed by atoms with van der Waals surface area (Å²) in [5.41, 5.74) is 1.80. The van der Waals surface area contributed by atoms with Gasteiger partial charge in [-0.05, 0) is 17.9 Å². The molecular formula is C15H20O3. The van der Waals surface area contributed by atoms with Gasteiger partial charge in [0.2, 0.25) is 0 Å². The zero-order valence-corrected chi connectivity index (χ0v) is 11.1. The molecule has 0 aliphatic rings. The molecule has 1 N–H and O–H groups in total. The van der Waals surface area contributed by atoms with E-state index in [1.54, 1.807) is 19.1 Å². The van der Waals surface area contributed by atoms with Gasteiger partial charge in [0.25, 0.3) is 0 Å². The molecule has 0 heterocycles. The molecule has 18 heavy (non-hydrogen) atoms. The lowest BCUT2D eigenvalue weighted by atomic mass is 9.94. The summed E-state index contributed by atoms with van der Waals surface area (Å²) in [7, 11) is 0. The Bertz CT molecular complexity index is 418. The number of ketones is 1. The van der Waals surface area contributed by atoms with Crippen LogP contribution in [0.5, 0.6) is 0 Å². The smallest absolute Gasteiger partial charge is 0.304 e. The van der Waals surface area contributed by atoms with Crippen molar-refractivity contribution in [3.63, 3.8) is 0 Å². The van der Waals surface area contributed by atoms with Gasteiger partial charge in [0.15, 0.2) is 5.78 Å². The van der Waals surface area contributed by atoms with Crippen LogP contribution in [0.25, 0.3) is 0 Å². The lowest BCUT2D eigenvalue weighted by molar-refractivity contribution is -0.137. The third-order valence-electron chi connectivity index (χ3n) is 2.81. The number of carbonyl (C=O) groups is 2. The number of carbonyl (C=O) groups excluding carboxylic acids is 1. The van der Waals surface area contributed by atoms with Crippen LogP contribution < -0.4 is 0 Å². The van der Waals surface area contributed by atoms with Crippen LogP contribution in [-0.4, -0.2) is 16.9 Å². The summed E-state index contributed by atoms with van der Waals surface area (Å²) < 4.78 is 0. The van der Waals surface area contributed by atoms with Crippen LogP contribution >= 0.6 is 0 Å². The van der Waals surface area contributed by atoms with E-state index in [2.05, 4.69) is 13.8 Å². The van der Waals surface area contributed by atoms with E-state index in [0.29, 0.717) is 11.5 Å². The second-order valence-electron chi connectivity index (χ2n) is 5.16. The first-order valence-corrected chi connectivity index (χ1v) is 6.25. The van der Waals surface area contributed by atoms with Crippen molar-refractivity contribution in [3.8, 4) is 0 Å². The van der Waals surface area contributed by atoms with E-state index in [1.165, 1.54) is 5.56 Å². The fourth-order valence-corrected chi connectivity index (χ4v) is 1.92. The molecule has 0 spiro atoms. The molecule has 0 radical (unpaired) electrons. The number of benzene rings is 1. The second-order valence-corrected chi connectivity index (χ2v) is 5.16. The minimum absolute atomic E-state index is 0.103. The number of carboxylic acids is 1. The van der Waals surface area contributed by atoms with Gasteiger partial charge in [-0.3, -0.25) is 9.59 Å². The van der Waals surface area contributed by atoms with Crippen molar-refractivity contribution < 1.29 is 14.7 Å². The largest absolute Gasteiger partial charge is 0.481 e. The SMILES string of the molecule is CC(C)Cc1ccc(C(=O)C(C)CC(=O)O)cc1. The van der Waals surface area contributed by atoms with E-state index in [1.807, 2.05) is 12.1 Å². The van der Waals surface area contributed by atoms with Gasteiger partial charge in [0, 0.05) is 11.5 Å². The highest BCUT2D eigenvalue weighted by Gasteiger charge is 2.17. The molecule has 0 aliphatic heterocycles. The first-order chi connectivity index (χ1) is 8.40. The summed E-state index contributed by atoms with van der Waals surface area (Å²) >= 11 is 0. The molecule has 3 nitrogen and oxygen atoms in total. The maximum atomic E-state index is 12.0. The Hall–Kier alpha value is -1.64. The summed E-state index contributed by atoms with van der Waals surface area (Å²) in [4.78, 5) is 22.5. The fraction of sp³-hybridized carbons (Fsp3) is 0.467. The minimum Gasteiger partial charge on any atom is -0.481 e. The zero-order valence-electron chi connectivity index (χ0n) is 11.1. The number of aliphatic carboxylic acids is 1. The van der Waals surface area contributed by atoms with Crippen LogP contribution in [0, 0.1) is 11.8 Å². The molecule has 0 amide bonds. The molecule has 1 aromatic rings. The topological polar surface area (TPSA) is 54.4 Å². The van der Waals surface area contributed by atoms with Gasteiger partial charge in [0.05, 0.1) is 6.42 Å². The number of carboxylic acid groups (broad SMARTS) is 1. The summed E-state index contributed by atoms with van der Waals surface area (Å²) in [6.45, 7) is 5.94. The number of hydrogen-bond acceptors (Lipinski definition) is 2. The van der Waals surface area contributed by atoms with Gasteiger partial charge in [-0.25, -0.2) is 0 Å². The standard InChI is InChI=1S/C15H20O3/c1-10(2)8-12-4-6-13(7-5-12)15(18)11(3)9-14(16)17/h4-7,10-11H,8-9H2,1-3H3,(H,16,17). The van der Waals surface area contributed by atoms with Gasteiger partial charge in [-0.1, -0.05) is 45.0 Å². The van der Waals surface area contributed by atoms with Crippen molar-refractivity contribution >= 4 is 11.8 Å². The molecule has 0 aliphatic carbocycles. The summed E-state index contributed by atoms with van der Waals surface area (Å²) in [5, 5.41) is 8.67. The van der Waals surface area contributed by atoms with Crippen molar-refractivity contribution in [2.24, 2.45) is 11.8 Å². The molecule has 1 unspecified atom stereocenters. The average Bonchev–Trinajstić information content (AvgIpc) is 2.27. The minimum atomic E-state index is -0.938. The molecule has 0 fully saturated rings. The summed E-state index contributed by atoms with van der Waals surface area (Å²) in [6, 6.07) is 7.47. The molecule has 1 rings (SSSR count). The Morgan fingerprint density at radius 1 is 1.11 bits per heavy atom. The Balaban J connectivity index is 2.72. The maximum Gasteiger partial charge on any atom is 0.304 e. The van der Waals surface area contributed by atoms with Gasteiger partial charge < -0.3 is 5.11 Å². The number of rotatable bonds is 6. The van der Waals surface area contributed by atoms with Crippen molar-refractivity contribution in [2.75, 3.05) is 0 Å². The average molecular weight is 248 g/mol. The maximum absolute atomic E-state index is 12.0. The van der Waals surface area contributed by atoms with Gasteiger partial charge in [0.1, 0.15) is 0 Å². The first-order valence-electron chi connectivity index (χ1n) is 6.25. The number of hydrogen-bond donors (Lipinski definition) is 1. The van der Waals surface area contributed by atoms with Crippen molar-refractivity contribution in [3.05, 3.63) is 35.4 Å². The van der Waals surface area contributed by atoms with Crippen LogP contribution in [0.4, 0.5) is 0 Å². The van der Waals surface area contributed by atoms with E-state index in [-0.39, 0.29) is 12.2 Å². The summed E-state index contributed by atoms with van der Waals surface area (Å²) in [6.07, 6.45) is 0.867. The van der Waals surface area contributed by atoms with E-state index < -0.39 is 11.9 Å². The Kier molecular flexibility index (Phi) is 5.08. The van der Waals surface area contributed by atoms with Crippen LogP contribution in [0.2, 0.25) is 0 Å². The first kappa shape index (κ1) is 14.4. The molecule has 98 valence electrons. The normalized spacial score (nSPS) is 12.4. The molecule has 0 saturated carbocycles. The Morgan fingerprint density at radius 3 is 2.11 bits per heavy atom. The molecule has 3 heteroatoms. The predicted molar refractivity (Wildman–Crippen MR) is 70.7 cm³/mol. The molecular weight excluding hydrogens is 228 g/mol. The third kappa shape index (κ3) is 4.32. The highest BCUT2D eigenvalue weighted by molar-refractivity contribution is 5.99. The lowest BCUT2D eigenvalue weighted by Crippen LogP contribution is -2.15. The Labute approximate surface area is 108 Å². The van der Waals surface area contributed by atoms with Crippen molar-refractivity contribution in [1.82, 2.24) is 0 Å². The summed E-state index contributed by atoms with van der Waals surface area (Å²) in [5.74, 6) is -0.934. The molecule has 1 aromatic carbocycles. The quantitative estimate of drug-likeness (QED) is 0.787. The van der Waals surface area contributed by atoms with Crippen molar-refractivity contribution in [2.45, 2.75) is 33.6 Å². The van der Waals surface area contributed by atoms with E-state index >= 15 is 0 Å². The van der Waals surface area contributed by atoms with Crippen LogP contribution in [0.1, 0.15) is 43.1 Å². The van der Waals surface area contributed by atoms with Crippen molar-refractivity contribution in [1.29, 1.82) is 0 Å². The third-order valence-corrected chi connectivity index (χ3v) is 2.81. The van der Waals surface area contributed by atoms with E-state index in [0.717, 1.165) is 6.42 Å². The van der Waals surface area contributed by atoms with Gasteiger partial charge in [-0.15, -0.1) is 0 Å². The zero-order chi connectivity index (χ0) is 13.7. The highest BCUT2D eigenvalue weighted by Crippen LogP contribution is 2.15. The molecule has 1 atom stereocenters. The predicted octanol–water partition coefficient (Wildman–Crippen LogP) is 3.18. The second kappa shape index (κ2) is 6.34. The lowest BCUT2D eigenvalue weighted by Gasteiger charge is -2.09. The van der Waals surface area contributed by atoms with E-state index in [9.17, 15) is 9.59 Å². The fourth-order valence-electron chi connectivity index (χ4n) is 1.92. The Morgan fingerprint density at radius 2 is 1.67 bits per heavy atom. The van der Waals surface area contributed by atoms with Crippen LogP contribution in [0.3, 0.4) is 0 Å². The molecule has 0 aromatic heterocycles. The van der Waals surface area contributed by atoms with Gasteiger partial charge in [-0.2, -0.15) is 0 Å². The number of Topliss-reactive ketones (excluding diaryl/α,β-unsaturated/α-hetero) is 1. The van der Waals surface area contributed by atoms with Gasteiger partial charge >= 0.3 is 5.97 Å². The van der Waals surface area contributed by atoms with E-state index in [4.69, 9.17) is 5.11 Å². The molecule has 0 bridgehead atoms. The van der Waals surface area contributed by atoms with Crippen LogP contribution in [-0.2, 0) is 11.2 Å². The molecule has 0 saturated heterocycles.